The molecular formula is C13H14Br2ClN3. The van der Waals surface area contributed by atoms with Gasteiger partial charge in [-0.2, -0.15) is 5.10 Å². The number of benzene rings is 1. The molecule has 0 aliphatic carbocycles. The van der Waals surface area contributed by atoms with Crippen LogP contribution in [-0.4, -0.2) is 9.78 Å². The standard InChI is InChI=1S/C13H14Br2ClN3/c1-7(2)19-13(11(16)6-18-19)12(17)9-4-3-8(14)5-10(9)15/h3-7,12H,17H2,1-2H3. The summed E-state index contributed by atoms with van der Waals surface area (Å²) in [6, 6.07) is 5.80. The lowest BCUT2D eigenvalue weighted by atomic mass is 10.0. The van der Waals surface area contributed by atoms with Crippen LogP contribution in [0.3, 0.4) is 0 Å². The second kappa shape index (κ2) is 5.95. The Morgan fingerprint density at radius 3 is 2.58 bits per heavy atom. The molecule has 0 aliphatic rings. The van der Waals surface area contributed by atoms with Gasteiger partial charge in [-0.3, -0.25) is 4.68 Å². The van der Waals surface area contributed by atoms with Crippen LogP contribution in [0.15, 0.2) is 33.3 Å². The van der Waals surface area contributed by atoms with Crippen molar-refractivity contribution >= 4 is 43.5 Å². The third-order valence-corrected chi connectivity index (χ3v) is 4.34. The average Bonchev–Trinajstić information content (AvgIpc) is 2.70. The van der Waals surface area contributed by atoms with Crippen LogP contribution < -0.4 is 5.73 Å². The highest BCUT2D eigenvalue weighted by Gasteiger charge is 2.21. The molecule has 1 aromatic heterocycles. The Kier molecular flexibility index (Phi) is 4.71. The fourth-order valence-corrected chi connectivity index (χ4v) is 3.50. The minimum atomic E-state index is -0.320. The molecule has 3 nitrogen and oxygen atoms in total. The molecule has 2 aromatic rings. The van der Waals surface area contributed by atoms with Gasteiger partial charge in [0.2, 0.25) is 0 Å². The van der Waals surface area contributed by atoms with E-state index in [0.29, 0.717) is 5.02 Å². The van der Waals surface area contributed by atoms with Gasteiger partial charge in [0.15, 0.2) is 0 Å². The van der Waals surface area contributed by atoms with Crippen molar-refractivity contribution in [2.75, 3.05) is 0 Å². The number of nitrogens with zero attached hydrogens (tertiary/aromatic N) is 2. The van der Waals surface area contributed by atoms with E-state index in [0.717, 1.165) is 20.2 Å². The number of nitrogens with two attached hydrogens (primary N) is 1. The SMILES string of the molecule is CC(C)n1ncc(Cl)c1C(N)c1ccc(Br)cc1Br. The van der Waals surface area contributed by atoms with E-state index < -0.39 is 0 Å². The Morgan fingerprint density at radius 1 is 1.32 bits per heavy atom. The normalized spacial score (nSPS) is 13.0. The molecule has 0 bridgehead atoms. The van der Waals surface area contributed by atoms with Crippen LogP contribution in [-0.2, 0) is 0 Å². The minimum Gasteiger partial charge on any atom is -0.319 e. The lowest BCUT2D eigenvalue weighted by Crippen LogP contribution is -2.19. The number of hydrogen-bond donors (Lipinski definition) is 1. The number of aromatic nitrogens is 2. The molecule has 0 fully saturated rings. The maximum Gasteiger partial charge on any atom is 0.0837 e. The van der Waals surface area contributed by atoms with Crippen molar-refractivity contribution < 1.29 is 0 Å². The second-order valence-electron chi connectivity index (χ2n) is 4.56. The summed E-state index contributed by atoms with van der Waals surface area (Å²) in [7, 11) is 0. The Labute approximate surface area is 134 Å². The molecule has 1 aromatic carbocycles. The van der Waals surface area contributed by atoms with Crippen LogP contribution in [0.4, 0.5) is 0 Å². The van der Waals surface area contributed by atoms with Gasteiger partial charge < -0.3 is 5.73 Å². The summed E-state index contributed by atoms with van der Waals surface area (Å²) < 4.78 is 3.81. The first kappa shape index (κ1) is 15.0. The minimum absolute atomic E-state index is 0.211. The smallest absolute Gasteiger partial charge is 0.0837 e. The van der Waals surface area contributed by atoms with Crippen molar-refractivity contribution in [2.45, 2.75) is 25.9 Å². The quantitative estimate of drug-likeness (QED) is 0.802. The summed E-state index contributed by atoms with van der Waals surface area (Å²) in [5.41, 5.74) is 8.17. The van der Waals surface area contributed by atoms with Crippen LogP contribution in [0.1, 0.15) is 37.2 Å². The monoisotopic (exact) mass is 405 g/mol. The zero-order valence-corrected chi connectivity index (χ0v) is 14.5. The maximum absolute atomic E-state index is 6.36. The van der Waals surface area contributed by atoms with E-state index in [1.165, 1.54) is 0 Å². The molecule has 0 saturated heterocycles. The van der Waals surface area contributed by atoms with Gasteiger partial charge in [0, 0.05) is 15.0 Å². The fourth-order valence-electron chi connectivity index (χ4n) is 1.95. The molecule has 102 valence electrons. The van der Waals surface area contributed by atoms with E-state index in [-0.39, 0.29) is 12.1 Å². The molecule has 6 heteroatoms. The molecule has 0 aliphatic heterocycles. The summed E-state index contributed by atoms with van der Waals surface area (Å²) in [4.78, 5) is 0. The van der Waals surface area contributed by atoms with Crippen LogP contribution in [0.2, 0.25) is 5.02 Å². The maximum atomic E-state index is 6.36. The summed E-state index contributed by atoms with van der Waals surface area (Å²) in [6.45, 7) is 4.10. The first-order valence-corrected chi connectivity index (χ1v) is 7.81. The molecule has 1 heterocycles. The van der Waals surface area contributed by atoms with Crippen LogP contribution in [0.25, 0.3) is 0 Å². The van der Waals surface area contributed by atoms with E-state index in [2.05, 4.69) is 50.8 Å². The highest BCUT2D eigenvalue weighted by atomic mass is 79.9. The molecule has 0 spiro atoms. The first-order chi connectivity index (χ1) is 8.91. The number of halogens is 3. The van der Waals surface area contributed by atoms with Gasteiger partial charge in [-0.1, -0.05) is 49.5 Å². The molecule has 0 saturated carbocycles. The van der Waals surface area contributed by atoms with Gasteiger partial charge in [-0.15, -0.1) is 0 Å². The molecule has 2 N–H and O–H groups in total. The Bertz CT molecular complexity index is 596. The van der Waals surface area contributed by atoms with E-state index in [4.69, 9.17) is 17.3 Å². The highest BCUT2D eigenvalue weighted by Crippen LogP contribution is 2.33. The van der Waals surface area contributed by atoms with Crippen LogP contribution in [0.5, 0.6) is 0 Å². The molecule has 0 radical (unpaired) electrons. The van der Waals surface area contributed by atoms with Gasteiger partial charge in [-0.25, -0.2) is 0 Å². The van der Waals surface area contributed by atoms with Gasteiger partial charge in [0.1, 0.15) is 0 Å². The van der Waals surface area contributed by atoms with Gasteiger partial charge in [-0.05, 0) is 31.5 Å². The zero-order valence-electron chi connectivity index (χ0n) is 10.6. The van der Waals surface area contributed by atoms with E-state index in [9.17, 15) is 0 Å². The molecule has 0 amide bonds. The first-order valence-electron chi connectivity index (χ1n) is 5.85. The zero-order chi connectivity index (χ0) is 14.2. The second-order valence-corrected chi connectivity index (χ2v) is 6.74. The summed E-state index contributed by atoms with van der Waals surface area (Å²) in [5.74, 6) is 0. The summed E-state index contributed by atoms with van der Waals surface area (Å²) in [6.07, 6.45) is 1.64. The molecular weight excluding hydrogens is 393 g/mol. The van der Waals surface area contributed by atoms with E-state index in [1.807, 2.05) is 22.9 Å². The van der Waals surface area contributed by atoms with Crippen molar-refractivity contribution in [3.63, 3.8) is 0 Å². The molecule has 1 atom stereocenters. The molecule has 2 rings (SSSR count). The predicted octanol–water partition coefficient (Wildman–Crippen LogP) is 4.69. The van der Waals surface area contributed by atoms with Gasteiger partial charge in [0.25, 0.3) is 0 Å². The van der Waals surface area contributed by atoms with Gasteiger partial charge >= 0.3 is 0 Å². The third kappa shape index (κ3) is 3.05. The topological polar surface area (TPSA) is 43.8 Å². The highest BCUT2D eigenvalue weighted by molar-refractivity contribution is 9.11. The third-order valence-electron chi connectivity index (χ3n) is 2.87. The number of hydrogen-bond acceptors (Lipinski definition) is 2. The lowest BCUT2D eigenvalue weighted by Gasteiger charge is -2.19. The number of rotatable bonds is 3. The molecule has 1 unspecified atom stereocenters. The Hall–Kier alpha value is -0.360. The van der Waals surface area contributed by atoms with E-state index >= 15 is 0 Å². The molecule has 19 heavy (non-hydrogen) atoms. The summed E-state index contributed by atoms with van der Waals surface area (Å²) >= 11 is 13.2. The lowest BCUT2D eigenvalue weighted by molar-refractivity contribution is 0.499. The largest absolute Gasteiger partial charge is 0.319 e. The Morgan fingerprint density at radius 2 is 2.00 bits per heavy atom. The van der Waals surface area contributed by atoms with Crippen molar-refractivity contribution in [2.24, 2.45) is 5.73 Å². The van der Waals surface area contributed by atoms with Crippen molar-refractivity contribution in [3.05, 3.63) is 49.6 Å². The fraction of sp³-hybridized carbons (Fsp3) is 0.308. The van der Waals surface area contributed by atoms with Crippen molar-refractivity contribution in [3.8, 4) is 0 Å². The average molecular weight is 408 g/mol. The van der Waals surface area contributed by atoms with Crippen LogP contribution in [0, 0.1) is 0 Å². The Balaban J connectivity index is 2.49. The predicted molar refractivity (Wildman–Crippen MR) is 85.5 cm³/mol. The van der Waals surface area contributed by atoms with Crippen LogP contribution >= 0.6 is 43.5 Å². The summed E-state index contributed by atoms with van der Waals surface area (Å²) in [5, 5.41) is 4.88. The van der Waals surface area contributed by atoms with E-state index in [1.54, 1.807) is 6.20 Å². The van der Waals surface area contributed by atoms with Crippen molar-refractivity contribution in [1.82, 2.24) is 9.78 Å². The van der Waals surface area contributed by atoms with Crippen molar-refractivity contribution in [1.29, 1.82) is 0 Å². The van der Waals surface area contributed by atoms with Gasteiger partial charge in [0.05, 0.1) is 23.0 Å².